The average Bonchev–Trinajstić information content (AvgIpc) is 3.24. The molecule has 6 nitrogen and oxygen atoms in total. The van der Waals surface area contributed by atoms with Gasteiger partial charge in [0.1, 0.15) is 17.2 Å². The van der Waals surface area contributed by atoms with Crippen LogP contribution in [0.2, 0.25) is 0 Å². The quantitative estimate of drug-likeness (QED) is 0.539. The van der Waals surface area contributed by atoms with Gasteiger partial charge >= 0.3 is 0 Å². The molecule has 4 aromatic rings. The minimum Gasteiger partial charge on any atom is -0.497 e. The van der Waals surface area contributed by atoms with Gasteiger partial charge in [0.25, 0.3) is 0 Å². The molecule has 0 spiro atoms. The lowest BCUT2D eigenvalue weighted by Crippen LogP contribution is -1.94. The molecule has 0 bridgehead atoms. The van der Waals surface area contributed by atoms with Crippen LogP contribution in [0.1, 0.15) is 0 Å². The molecule has 2 aromatic heterocycles. The molecule has 0 unspecified atom stereocenters. The molecule has 0 aliphatic rings. The van der Waals surface area contributed by atoms with E-state index in [2.05, 4.69) is 15.3 Å². The van der Waals surface area contributed by atoms with E-state index >= 15 is 0 Å². The molecule has 0 radical (unpaired) electrons. The minimum atomic E-state index is 0.755. The monoisotopic (exact) mass is 358 g/mol. The lowest BCUT2D eigenvalue weighted by Gasteiger charge is -2.09. The molecule has 0 aliphatic heterocycles. The van der Waals surface area contributed by atoms with Crippen molar-refractivity contribution in [2.45, 2.75) is 0 Å². The van der Waals surface area contributed by atoms with Gasteiger partial charge in [-0.1, -0.05) is 17.3 Å². The largest absolute Gasteiger partial charge is 0.497 e. The summed E-state index contributed by atoms with van der Waals surface area (Å²) in [6.07, 6.45) is 5.40. The lowest BCUT2D eigenvalue weighted by atomic mass is 10.0. The maximum atomic E-state index is 5.35. The van der Waals surface area contributed by atoms with E-state index < -0.39 is 0 Å². The number of methoxy groups -OCH3 is 2. The number of pyridine rings is 1. The molecule has 0 amide bonds. The third-order valence-corrected chi connectivity index (χ3v) is 4.27. The Morgan fingerprint density at radius 3 is 2.19 bits per heavy atom. The van der Waals surface area contributed by atoms with Gasteiger partial charge in [0.2, 0.25) is 0 Å². The third-order valence-electron chi connectivity index (χ3n) is 4.27. The molecule has 134 valence electrons. The first kappa shape index (κ1) is 16.8. The van der Waals surface area contributed by atoms with Crippen molar-refractivity contribution in [3.63, 3.8) is 0 Å². The van der Waals surface area contributed by atoms with Crippen molar-refractivity contribution in [2.75, 3.05) is 14.2 Å². The van der Waals surface area contributed by atoms with E-state index in [4.69, 9.17) is 9.47 Å². The van der Waals surface area contributed by atoms with Crippen LogP contribution in [0.4, 0.5) is 0 Å². The first-order chi connectivity index (χ1) is 13.3. The molecule has 4 rings (SSSR count). The van der Waals surface area contributed by atoms with Crippen LogP contribution in [-0.2, 0) is 0 Å². The highest BCUT2D eigenvalue weighted by atomic mass is 16.5. The van der Waals surface area contributed by atoms with Crippen LogP contribution in [-0.4, -0.2) is 34.2 Å². The highest BCUT2D eigenvalue weighted by Gasteiger charge is 2.07. The molecule has 0 saturated carbocycles. The number of benzene rings is 2. The smallest absolute Gasteiger partial charge is 0.123 e. The first-order valence-corrected chi connectivity index (χ1v) is 8.43. The average molecular weight is 358 g/mol. The van der Waals surface area contributed by atoms with Crippen molar-refractivity contribution in [1.82, 2.24) is 20.0 Å². The Kier molecular flexibility index (Phi) is 4.53. The van der Waals surface area contributed by atoms with Gasteiger partial charge in [-0.3, -0.25) is 4.98 Å². The Hall–Kier alpha value is -3.67. The number of rotatable bonds is 5. The molecule has 0 aliphatic carbocycles. The molecule has 0 saturated heterocycles. The maximum absolute atomic E-state index is 5.35. The van der Waals surface area contributed by atoms with Gasteiger partial charge in [0.15, 0.2) is 0 Å². The summed E-state index contributed by atoms with van der Waals surface area (Å²) in [7, 11) is 3.29. The van der Waals surface area contributed by atoms with E-state index in [0.29, 0.717) is 0 Å². The van der Waals surface area contributed by atoms with Crippen molar-refractivity contribution in [1.29, 1.82) is 0 Å². The van der Waals surface area contributed by atoms with E-state index in [0.717, 1.165) is 39.6 Å². The van der Waals surface area contributed by atoms with Crippen LogP contribution >= 0.6 is 0 Å². The summed E-state index contributed by atoms with van der Waals surface area (Å²) in [4.78, 5) is 4.12. The molecule has 0 N–H and O–H groups in total. The second-order valence-corrected chi connectivity index (χ2v) is 5.94. The van der Waals surface area contributed by atoms with Crippen molar-refractivity contribution >= 4 is 0 Å². The van der Waals surface area contributed by atoms with Gasteiger partial charge in [-0.25, -0.2) is 4.68 Å². The van der Waals surface area contributed by atoms with E-state index in [1.165, 1.54) is 0 Å². The molecular weight excluding hydrogens is 340 g/mol. The summed E-state index contributed by atoms with van der Waals surface area (Å²) >= 11 is 0. The van der Waals surface area contributed by atoms with Crippen molar-refractivity contribution in [3.8, 4) is 39.6 Å². The molecule has 0 fully saturated rings. The zero-order chi connectivity index (χ0) is 18.6. The van der Waals surface area contributed by atoms with Crippen molar-refractivity contribution < 1.29 is 9.47 Å². The predicted molar refractivity (Wildman–Crippen MR) is 103 cm³/mol. The summed E-state index contributed by atoms with van der Waals surface area (Å²) in [5.41, 5.74) is 4.72. The summed E-state index contributed by atoms with van der Waals surface area (Å²) < 4.78 is 12.4. The van der Waals surface area contributed by atoms with Crippen LogP contribution in [0, 0.1) is 0 Å². The normalized spacial score (nSPS) is 10.6. The number of nitrogens with zero attached hydrogens (tertiary/aromatic N) is 4. The van der Waals surface area contributed by atoms with Gasteiger partial charge in [-0.2, -0.15) is 0 Å². The van der Waals surface area contributed by atoms with Crippen molar-refractivity contribution in [3.05, 3.63) is 73.2 Å². The van der Waals surface area contributed by atoms with Crippen LogP contribution in [0.3, 0.4) is 0 Å². The Bertz CT molecular complexity index is 1020. The fraction of sp³-hybridized carbons (Fsp3) is 0.0952. The topological polar surface area (TPSA) is 62.1 Å². The Morgan fingerprint density at radius 1 is 0.815 bits per heavy atom. The Morgan fingerprint density at radius 2 is 1.56 bits per heavy atom. The number of hydrogen-bond acceptors (Lipinski definition) is 5. The highest BCUT2D eigenvalue weighted by molar-refractivity contribution is 5.68. The standard InChI is InChI=1S/C21H18N4O2/c1-26-19-10-17(11-20(12-19)27-2)15-5-7-18(8-6-15)25-14-21(23-24-25)16-4-3-9-22-13-16/h3-14H,1-2H3. The highest BCUT2D eigenvalue weighted by Crippen LogP contribution is 2.30. The van der Waals surface area contributed by atoms with Gasteiger partial charge in [-0.05, 0) is 47.5 Å². The third kappa shape index (κ3) is 3.50. The van der Waals surface area contributed by atoms with Crippen LogP contribution in [0.25, 0.3) is 28.1 Å². The number of aromatic nitrogens is 4. The summed E-state index contributed by atoms with van der Waals surface area (Å²) in [6, 6.07) is 17.7. The van der Waals surface area contributed by atoms with Crippen LogP contribution in [0.5, 0.6) is 11.5 Å². The fourth-order valence-electron chi connectivity index (χ4n) is 2.82. The predicted octanol–water partition coefficient (Wildman–Crippen LogP) is 4.01. The fourth-order valence-corrected chi connectivity index (χ4v) is 2.82. The van der Waals surface area contributed by atoms with Crippen LogP contribution < -0.4 is 9.47 Å². The molecule has 6 heteroatoms. The first-order valence-electron chi connectivity index (χ1n) is 8.43. The minimum absolute atomic E-state index is 0.755. The van der Waals surface area contributed by atoms with Gasteiger partial charge in [0.05, 0.1) is 26.1 Å². The molecular formula is C21H18N4O2. The van der Waals surface area contributed by atoms with Gasteiger partial charge < -0.3 is 9.47 Å². The van der Waals surface area contributed by atoms with E-state index in [9.17, 15) is 0 Å². The SMILES string of the molecule is COc1cc(OC)cc(-c2ccc(-n3cc(-c4cccnc4)nn3)cc2)c1. The summed E-state index contributed by atoms with van der Waals surface area (Å²) in [5.74, 6) is 1.51. The van der Waals surface area contributed by atoms with E-state index in [1.807, 2.05) is 60.8 Å². The van der Waals surface area contributed by atoms with Gasteiger partial charge in [-0.15, -0.1) is 5.10 Å². The zero-order valence-corrected chi connectivity index (χ0v) is 15.0. The Balaban J connectivity index is 1.63. The van der Waals surface area contributed by atoms with E-state index in [1.54, 1.807) is 31.3 Å². The molecule has 0 atom stereocenters. The number of hydrogen-bond donors (Lipinski definition) is 0. The molecule has 2 aromatic carbocycles. The molecule has 2 heterocycles. The van der Waals surface area contributed by atoms with E-state index in [-0.39, 0.29) is 0 Å². The zero-order valence-electron chi connectivity index (χ0n) is 15.0. The second-order valence-electron chi connectivity index (χ2n) is 5.94. The van der Waals surface area contributed by atoms with Gasteiger partial charge in [0, 0.05) is 24.0 Å². The summed E-state index contributed by atoms with van der Waals surface area (Å²) in [6.45, 7) is 0. The Labute approximate surface area is 157 Å². The lowest BCUT2D eigenvalue weighted by molar-refractivity contribution is 0.394. The van der Waals surface area contributed by atoms with Crippen LogP contribution in [0.15, 0.2) is 73.2 Å². The second kappa shape index (κ2) is 7.29. The molecule has 27 heavy (non-hydrogen) atoms. The maximum Gasteiger partial charge on any atom is 0.123 e. The number of ether oxygens (including phenoxy) is 2. The summed E-state index contributed by atoms with van der Waals surface area (Å²) in [5, 5.41) is 8.45. The van der Waals surface area contributed by atoms with Crippen molar-refractivity contribution in [2.24, 2.45) is 0 Å².